The molecule has 0 unspecified atom stereocenters. The summed E-state index contributed by atoms with van der Waals surface area (Å²) in [6, 6.07) is 10.9. The van der Waals surface area contributed by atoms with Gasteiger partial charge in [-0.1, -0.05) is 0 Å². The van der Waals surface area contributed by atoms with Crippen LogP contribution in [0.5, 0.6) is 5.75 Å². The van der Waals surface area contributed by atoms with Crippen LogP contribution >= 0.6 is 0 Å². The molecular weight excluding hydrogens is 414 g/mol. The lowest BCUT2D eigenvalue weighted by atomic mass is 10.0. The van der Waals surface area contributed by atoms with Crippen LogP contribution in [0.4, 0.5) is 26.1 Å². The van der Waals surface area contributed by atoms with Crippen LogP contribution in [0.2, 0.25) is 0 Å². The third-order valence-corrected chi connectivity index (χ3v) is 5.49. The first kappa shape index (κ1) is 21.4. The molecule has 0 N–H and O–H groups in total. The Hall–Kier alpha value is -3.80. The average molecular weight is 436 g/mol. The molecule has 1 aliphatic rings. The van der Waals surface area contributed by atoms with Gasteiger partial charge in [0.15, 0.2) is 0 Å². The second-order valence-corrected chi connectivity index (χ2v) is 7.51. The minimum absolute atomic E-state index is 0.124. The summed E-state index contributed by atoms with van der Waals surface area (Å²) in [5, 5.41) is 8.93. The Morgan fingerprint density at radius 3 is 2.38 bits per heavy atom. The highest BCUT2D eigenvalue weighted by Gasteiger charge is 2.28. The van der Waals surface area contributed by atoms with Crippen molar-refractivity contribution in [2.24, 2.45) is 0 Å². The molecule has 1 aliphatic heterocycles. The highest BCUT2D eigenvalue weighted by atomic mass is 19.3. The Morgan fingerprint density at radius 2 is 1.78 bits per heavy atom. The highest BCUT2D eigenvalue weighted by Crippen LogP contribution is 2.35. The second kappa shape index (κ2) is 9.56. The standard InChI is InChI=1S/C23H22F2N6O/c1-16-6-9-27-15-21(16)31(18-2-4-20(5-3-18)32-22(24)25)19-7-10-30(11-8-19)23-28-13-17(12-26)14-29-23/h2-6,9,13-15,19,22H,7-8,10-11H2,1H3. The second-order valence-electron chi connectivity index (χ2n) is 7.51. The Kier molecular flexibility index (Phi) is 6.40. The molecule has 1 saturated heterocycles. The number of alkyl halides is 2. The minimum Gasteiger partial charge on any atom is -0.435 e. The van der Waals surface area contributed by atoms with Gasteiger partial charge in [0, 0.05) is 31.0 Å². The number of rotatable bonds is 6. The third kappa shape index (κ3) is 4.75. The van der Waals surface area contributed by atoms with E-state index in [0.717, 1.165) is 42.9 Å². The molecule has 4 rings (SSSR count). The molecule has 0 bridgehead atoms. The predicted octanol–water partition coefficient (Wildman–Crippen LogP) is 4.46. The van der Waals surface area contributed by atoms with Crippen LogP contribution in [0.3, 0.4) is 0 Å². The maximum absolute atomic E-state index is 12.5. The van der Waals surface area contributed by atoms with Crippen molar-refractivity contribution in [1.29, 1.82) is 5.26 Å². The van der Waals surface area contributed by atoms with Crippen molar-refractivity contribution >= 4 is 17.3 Å². The smallest absolute Gasteiger partial charge is 0.387 e. The summed E-state index contributed by atoms with van der Waals surface area (Å²) in [5.74, 6) is 0.736. The number of benzene rings is 1. The molecule has 1 aromatic carbocycles. The van der Waals surface area contributed by atoms with Crippen molar-refractivity contribution in [3.63, 3.8) is 0 Å². The normalized spacial score (nSPS) is 14.3. The van der Waals surface area contributed by atoms with Crippen molar-refractivity contribution in [3.8, 4) is 11.8 Å². The van der Waals surface area contributed by atoms with E-state index < -0.39 is 6.61 Å². The highest BCUT2D eigenvalue weighted by molar-refractivity contribution is 5.67. The summed E-state index contributed by atoms with van der Waals surface area (Å²) in [5.41, 5.74) is 3.37. The number of aryl methyl sites for hydroxylation is 1. The van der Waals surface area contributed by atoms with Gasteiger partial charge in [0.2, 0.25) is 5.95 Å². The minimum atomic E-state index is -2.86. The molecule has 7 nitrogen and oxygen atoms in total. The van der Waals surface area contributed by atoms with Crippen molar-refractivity contribution < 1.29 is 13.5 Å². The zero-order valence-electron chi connectivity index (χ0n) is 17.5. The first-order valence-electron chi connectivity index (χ1n) is 10.3. The molecule has 9 heteroatoms. The molecule has 164 valence electrons. The lowest BCUT2D eigenvalue weighted by molar-refractivity contribution is -0.0498. The van der Waals surface area contributed by atoms with E-state index in [0.29, 0.717) is 11.5 Å². The van der Waals surface area contributed by atoms with E-state index in [9.17, 15) is 8.78 Å². The Labute approximate surface area is 184 Å². The number of halogens is 2. The van der Waals surface area contributed by atoms with E-state index in [4.69, 9.17) is 5.26 Å². The van der Waals surface area contributed by atoms with Crippen molar-refractivity contribution in [1.82, 2.24) is 15.0 Å². The molecule has 0 aliphatic carbocycles. The maximum atomic E-state index is 12.5. The summed E-state index contributed by atoms with van der Waals surface area (Å²) in [7, 11) is 0. The summed E-state index contributed by atoms with van der Waals surface area (Å²) >= 11 is 0. The monoisotopic (exact) mass is 436 g/mol. The number of hydrogen-bond donors (Lipinski definition) is 0. The van der Waals surface area contributed by atoms with Gasteiger partial charge in [0.1, 0.15) is 11.8 Å². The van der Waals surface area contributed by atoms with E-state index in [-0.39, 0.29) is 11.8 Å². The summed E-state index contributed by atoms with van der Waals surface area (Å²) in [6.45, 7) is 0.668. The fourth-order valence-electron chi connectivity index (χ4n) is 3.91. The predicted molar refractivity (Wildman–Crippen MR) is 116 cm³/mol. The van der Waals surface area contributed by atoms with Crippen molar-refractivity contribution in [2.75, 3.05) is 22.9 Å². The van der Waals surface area contributed by atoms with E-state index in [1.165, 1.54) is 12.4 Å². The van der Waals surface area contributed by atoms with Gasteiger partial charge >= 0.3 is 6.61 Å². The molecule has 0 spiro atoms. The molecule has 0 atom stereocenters. The number of piperidine rings is 1. The van der Waals surface area contributed by atoms with Gasteiger partial charge in [-0.05, 0) is 55.7 Å². The van der Waals surface area contributed by atoms with Crippen LogP contribution in [0, 0.1) is 18.3 Å². The number of anilines is 3. The Morgan fingerprint density at radius 1 is 1.09 bits per heavy atom. The molecular formula is C23H22F2N6O. The molecule has 3 heterocycles. The van der Waals surface area contributed by atoms with Crippen LogP contribution in [-0.2, 0) is 0 Å². The quantitative estimate of drug-likeness (QED) is 0.564. The zero-order chi connectivity index (χ0) is 22.5. The summed E-state index contributed by atoms with van der Waals surface area (Å²) in [6.07, 6.45) is 8.32. The molecule has 32 heavy (non-hydrogen) atoms. The maximum Gasteiger partial charge on any atom is 0.387 e. The van der Waals surface area contributed by atoms with Gasteiger partial charge in [-0.15, -0.1) is 0 Å². The summed E-state index contributed by atoms with van der Waals surface area (Å²) in [4.78, 5) is 17.2. The van der Waals surface area contributed by atoms with Crippen molar-refractivity contribution in [2.45, 2.75) is 32.4 Å². The lowest BCUT2D eigenvalue weighted by Gasteiger charge is -2.40. The molecule has 0 amide bonds. The van der Waals surface area contributed by atoms with Gasteiger partial charge in [0.25, 0.3) is 0 Å². The number of nitrogens with zero attached hydrogens (tertiary/aromatic N) is 6. The van der Waals surface area contributed by atoms with Crippen LogP contribution in [0.15, 0.2) is 55.1 Å². The van der Waals surface area contributed by atoms with Crippen molar-refractivity contribution in [3.05, 3.63) is 66.2 Å². The largest absolute Gasteiger partial charge is 0.435 e. The van der Waals surface area contributed by atoms with E-state index >= 15 is 0 Å². The molecule has 0 saturated carbocycles. The van der Waals surface area contributed by atoms with Gasteiger partial charge in [-0.3, -0.25) is 4.98 Å². The van der Waals surface area contributed by atoms with Gasteiger partial charge in [-0.2, -0.15) is 14.0 Å². The molecule has 1 fully saturated rings. The first-order valence-corrected chi connectivity index (χ1v) is 10.3. The molecule has 0 radical (unpaired) electrons. The van der Waals surface area contributed by atoms with E-state index in [1.54, 1.807) is 30.5 Å². The lowest BCUT2D eigenvalue weighted by Crippen LogP contribution is -2.44. The van der Waals surface area contributed by atoms with Crippen LogP contribution in [0.1, 0.15) is 24.0 Å². The molecule has 3 aromatic rings. The number of nitriles is 1. The van der Waals surface area contributed by atoms with Gasteiger partial charge in [0.05, 0.1) is 29.8 Å². The number of ether oxygens (including phenoxy) is 1. The van der Waals surface area contributed by atoms with Gasteiger partial charge in [-0.25, -0.2) is 9.97 Å². The first-order chi connectivity index (χ1) is 15.5. The Balaban J connectivity index is 1.56. The fourth-order valence-corrected chi connectivity index (χ4v) is 3.91. The SMILES string of the molecule is Cc1ccncc1N(c1ccc(OC(F)F)cc1)C1CCN(c2ncc(C#N)cn2)CC1. The van der Waals surface area contributed by atoms with E-state index in [2.05, 4.69) is 29.5 Å². The van der Waals surface area contributed by atoms with E-state index in [1.807, 2.05) is 25.3 Å². The fraction of sp³-hybridized carbons (Fsp3) is 0.304. The van der Waals surface area contributed by atoms with Crippen LogP contribution in [0.25, 0.3) is 0 Å². The van der Waals surface area contributed by atoms with Gasteiger partial charge < -0.3 is 14.5 Å². The number of pyridine rings is 1. The third-order valence-electron chi connectivity index (χ3n) is 5.49. The number of aromatic nitrogens is 3. The zero-order valence-corrected chi connectivity index (χ0v) is 17.5. The van der Waals surface area contributed by atoms with Crippen LogP contribution in [-0.4, -0.2) is 40.7 Å². The topological polar surface area (TPSA) is 78.2 Å². The average Bonchev–Trinajstić information content (AvgIpc) is 2.82. The van der Waals surface area contributed by atoms with Crippen LogP contribution < -0.4 is 14.5 Å². The Bertz CT molecular complexity index is 1080. The molecule has 2 aromatic heterocycles. The summed E-state index contributed by atoms with van der Waals surface area (Å²) < 4.78 is 29.6. The number of hydrogen-bond acceptors (Lipinski definition) is 7.